The van der Waals surface area contributed by atoms with E-state index in [-0.39, 0.29) is 11.9 Å². The Morgan fingerprint density at radius 3 is 2.69 bits per heavy atom. The molecule has 8 nitrogen and oxygen atoms in total. The van der Waals surface area contributed by atoms with Crippen LogP contribution in [0.4, 0.5) is 10.6 Å². The zero-order valence-electron chi connectivity index (χ0n) is 16.5. The number of carbonyl (C=O) groups excluding carboxylic acids is 2. The molecule has 8 heteroatoms. The van der Waals surface area contributed by atoms with Gasteiger partial charge in [0.25, 0.3) is 0 Å². The Kier molecular flexibility index (Phi) is 6.63. The topological polar surface area (TPSA) is 88.5 Å². The summed E-state index contributed by atoms with van der Waals surface area (Å²) < 4.78 is 6.94. The van der Waals surface area contributed by atoms with Crippen molar-refractivity contribution in [3.63, 3.8) is 0 Å². The van der Waals surface area contributed by atoms with Crippen molar-refractivity contribution in [2.24, 2.45) is 7.05 Å². The molecular weight excluding hydrogens is 334 g/mol. The molecule has 2 rings (SSSR count). The Morgan fingerprint density at radius 2 is 2.08 bits per heavy atom. The maximum atomic E-state index is 12.4. The molecule has 0 saturated carbocycles. The number of piperidine rings is 1. The molecule has 0 spiro atoms. The van der Waals surface area contributed by atoms with E-state index in [1.165, 1.54) is 0 Å². The maximum Gasteiger partial charge on any atom is 0.407 e. The molecule has 26 heavy (non-hydrogen) atoms. The van der Waals surface area contributed by atoms with Gasteiger partial charge in [-0.05, 0) is 47.1 Å². The quantitative estimate of drug-likeness (QED) is 0.834. The molecule has 0 aromatic carbocycles. The summed E-state index contributed by atoms with van der Waals surface area (Å²) in [5, 5.41) is 9.96. The van der Waals surface area contributed by atoms with Gasteiger partial charge in [-0.15, -0.1) is 0 Å². The van der Waals surface area contributed by atoms with Gasteiger partial charge in [0.05, 0.1) is 12.2 Å². The third kappa shape index (κ3) is 6.33. The Morgan fingerprint density at radius 1 is 1.35 bits per heavy atom. The van der Waals surface area contributed by atoms with E-state index < -0.39 is 11.7 Å². The third-order valence-corrected chi connectivity index (χ3v) is 4.25. The maximum absolute atomic E-state index is 12.4. The number of aromatic nitrogens is 2. The molecule has 0 aliphatic carbocycles. The van der Waals surface area contributed by atoms with Gasteiger partial charge in [-0.2, -0.15) is 5.10 Å². The van der Waals surface area contributed by atoms with Gasteiger partial charge in [0.1, 0.15) is 11.4 Å². The number of nitrogens with zero attached hydrogens (tertiary/aromatic N) is 3. The van der Waals surface area contributed by atoms with Crippen molar-refractivity contribution in [1.29, 1.82) is 0 Å². The highest BCUT2D eigenvalue weighted by Crippen LogP contribution is 2.17. The van der Waals surface area contributed by atoms with Crippen LogP contribution in [0.15, 0.2) is 6.07 Å². The van der Waals surface area contributed by atoms with Crippen molar-refractivity contribution in [1.82, 2.24) is 20.0 Å². The van der Waals surface area contributed by atoms with Crippen molar-refractivity contribution >= 4 is 17.8 Å². The molecule has 2 amide bonds. The Labute approximate surface area is 155 Å². The Bertz CT molecular complexity index is 635. The first-order valence-electron chi connectivity index (χ1n) is 9.15. The van der Waals surface area contributed by atoms with E-state index in [1.807, 2.05) is 33.8 Å². The fourth-order valence-corrected chi connectivity index (χ4v) is 3.11. The molecule has 2 N–H and O–H groups in total. The Balaban J connectivity index is 1.86. The van der Waals surface area contributed by atoms with E-state index in [1.54, 1.807) is 11.7 Å². The van der Waals surface area contributed by atoms with E-state index >= 15 is 0 Å². The smallest absolute Gasteiger partial charge is 0.407 e. The van der Waals surface area contributed by atoms with Gasteiger partial charge in [0, 0.05) is 25.7 Å². The molecule has 1 fully saturated rings. The lowest BCUT2D eigenvalue weighted by molar-refractivity contribution is -0.118. The van der Waals surface area contributed by atoms with Crippen LogP contribution in [0.1, 0.15) is 45.7 Å². The van der Waals surface area contributed by atoms with Crippen molar-refractivity contribution in [3.05, 3.63) is 11.8 Å². The molecule has 0 bridgehead atoms. The molecule has 1 saturated heterocycles. The number of nitrogens with one attached hydrogen (secondary N) is 2. The number of alkyl carbamates (subject to hydrolysis) is 1. The lowest BCUT2D eigenvalue weighted by atomic mass is 10.0. The molecule has 1 aromatic rings. The van der Waals surface area contributed by atoms with E-state index in [9.17, 15) is 9.59 Å². The van der Waals surface area contributed by atoms with E-state index in [2.05, 4.69) is 20.6 Å². The Hall–Kier alpha value is -2.09. The van der Waals surface area contributed by atoms with Crippen molar-refractivity contribution in [3.8, 4) is 0 Å². The molecular formula is C18H31N5O3. The van der Waals surface area contributed by atoms with Gasteiger partial charge in [0.2, 0.25) is 5.91 Å². The number of amides is 2. The standard InChI is InChI=1S/C18H31N5O3/c1-13-10-15(22(5)21-13)20-16(24)12-23-9-7-6-8-14(23)11-19-17(25)26-18(2,3)4/h10,14H,6-9,11-12H2,1-5H3,(H,19,25)(H,20,24). The molecule has 1 atom stereocenters. The molecule has 1 aromatic heterocycles. The number of likely N-dealkylation sites (tertiary alicyclic amines) is 1. The molecule has 2 heterocycles. The summed E-state index contributed by atoms with van der Waals surface area (Å²) in [5.74, 6) is 0.616. The molecule has 146 valence electrons. The van der Waals surface area contributed by atoms with Crippen LogP contribution in [0.25, 0.3) is 0 Å². The van der Waals surface area contributed by atoms with Crippen LogP contribution in [0.3, 0.4) is 0 Å². The second-order valence-corrected chi connectivity index (χ2v) is 7.85. The normalized spacial score (nSPS) is 18.4. The van der Waals surface area contributed by atoms with E-state index in [4.69, 9.17) is 4.74 Å². The van der Waals surface area contributed by atoms with Crippen molar-refractivity contribution < 1.29 is 14.3 Å². The summed E-state index contributed by atoms with van der Waals surface area (Å²) in [6, 6.07) is 1.98. The first-order chi connectivity index (χ1) is 12.1. The highest BCUT2D eigenvalue weighted by molar-refractivity contribution is 5.91. The number of anilines is 1. The van der Waals surface area contributed by atoms with E-state index in [0.29, 0.717) is 18.9 Å². The number of aryl methyl sites for hydroxylation is 2. The van der Waals surface area contributed by atoms with Gasteiger partial charge in [-0.3, -0.25) is 14.4 Å². The predicted molar refractivity (Wildman–Crippen MR) is 100 cm³/mol. The van der Waals surface area contributed by atoms with Crippen molar-refractivity contribution in [2.75, 3.05) is 25.0 Å². The summed E-state index contributed by atoms with van der Waals surface area (Å²) in [6.07, 6.45) is 2.69. The summed E-state index contributed by atoms with van der Waals surface area (Å²) in [5.41, 5.74) is 0.345. The average molecular weight is 365 g/mol. The summed E-state index contributed by atoms with van der Waals surface area (Å²) in [7, 11) is 1.80. The first kappa shape index (κ1) is 20.2. The minimum absolute atomic E-state index is 0.0721. The van der Waals surface area contributed by atoms with Crippen LogP contribution in [-0.4, -0.2) is 58.0 Å². The van der Waals surface area contributed by atoms with Gasteiger partial charge in [-0.25, -0.2) is 4.79 Å². The van der Waals surface area contributed by atoms with Crippen LogP contribution in [0.2, 0.25) is 0 Å². The first-order valence-corrected chi connectivity index (χ1v) is 9.15. The number of hydrogen-bond donors (Lipinski definition) is 2. The zero-order valence-corrected chi connectivity index (χ0v) is 16.5. The second-order valence-electron chi connectivity index (χ2n) is 7.85. The zero-order chi connectivity index (χ0) is 19.3. The second kappa shape index (κ2) is 8.53. The van der Waals surface area contributed by atoms with Crippen LogP contribution >= 0.6 is 0 Å². The van der Waals surface area contributed by atoms with Crippen LogP contribution in [-0.2, 0) is 16.6 Å². The van der Waals surface area contributed by atoms with Crippen LogP contribution in [0.5, 0.6) is 0 Å². The largest absolute Gasteiger partial charge is 0.444 e. The number of carbonyl (C=O) groups is 2. The van der Waals surface area contributed by atoms with Gasteiger partial charge in [0.15, 0.2) is 0 Å². The fourth-order valence-electron chi connectivity index (χ4n) is 3.11. The van der Waals surface area contributed by atoms with E-state index in [0.717, 1.165) is 31.5 Å². The van der Waals surface area contributed by atoms with Gasteiger partial charge in [-0.1, -0.05) is 6.42 Å². The predicted octanol–water partition coefficient (Wildman–Crippen LogP) is 2.05. The third-order valence-electron chi connectivity index (χ3n) is 4.25. The molecule has 0 radical (unpaired) electrons. The lowest BCUT2D eigenvalue weighted by Crippen LogP contribution is -2.49. The highest BCUT2D eigenvalue weighted by atomic mass is 16.6. The molecule has 1 aliphatic rings. The minimum Gasteiger partial charge on any atom is -0.444 e. The number of rotatable bonds is 5. The monoisotopic (exact) mass is 365 g/mol. The summed E-state index contributed by atoms with van der Waals surface area (Å²) >= 11 is 0. The number of hydrogen-bond acceptors (Lipinski definition) is 5. The minimum atomic E-state index is -0.516. The van der Waals surface area contributed by atoms with Crippen LogP contribution < -0.4 is 10.6 Å². The average Bonchev–Trinajstić information content (AvgIpc) is 2.82. The van der Waals surface area contributed by atoms with Gasteiger partial charge < -0.3 is 15.4 Å². The summed E-state index contributed by atoms with van der Waals surface area (Å²) in [6.45, 7) is 9.02. The van der Waals surface area contributed by atoms with Crippen LogP contribution in [0, 0.1) is 6.92 Å². The molecule has 1 aliphatic heterocycles. The fraction of sp³-hybridized carbons (Fsp3) is 0.722. The van der Waals surface area contributed by atoms with Crippen molar-refractivity contribution in [2.45, 2.75) is 58.6 Å². The van der Waals surface area contributed by atoms with Gasteiger partial charge >= 0.3 is 6.09 Å². The highest BCUT2D eigenvalue weighted by Gasteiger charge is 2.26. The SMILES string of the molecule is Cc1cc(NC(=O)CN2CCCCC2CNC(=O)OC(C)(C)C)n(C)n1. The molecule has 1 unspecified atom stereocenters. The number of ether oxygens (including phenoxy) is 1. The summed E-state index contributed by atoms with van der Waals surface area (Å²) in [4.78, 5) is 26.4. The lowest BCUT2D eigenvalue weighted by Gasteiger charge is -2.35.